The molecule has 51 heavy (non-hydrogen) atoms. The van der Waals surface area contributed by atoms with Gasteiger partial charge in [0, 0.05) is 19.6 Å². The second kappa shape index (κ2) is 24.2. The fourth-order valence-corrected chi connectivity index (χ4v) is 5.11. The minimum atomic E-state index is -1.50. The van der Waals surface area contributed by atoms with Crippen molar-refractivity contribution < 1.29 is 59.4 Å². The molecule has 0 spiro atoms. The molecule has 292 valence electrons. The molecule has 7 amide bonds. The van der Waals surface area contributed by atoms with Crippen LogP contribution in [0.15, 0.2) is 0 Å². The summed E-state index contributed by atoms with van der Waals surface area (Å²) in [6.45, 7) is -1.70. The molecule has 6 atom stereocenters. The molecule has 1 aliphatic rings. The molecular weight excluding hydrogens is 680 g/mol. The van der Waals surface area contributed by atoms with Gasteiger partial charge in [-0.05, 0) is 72.0 Å². The van der Waals surface area contributed by atoms with Crippen molar-refractivity contribution in [3.8, 4) is 0 Å². The van der Waals surface area contributed by atoms with E-state index >= 15 is 0 Å². The predicted octanol–water partition coefficient (Wildman–Crippen LogP) is -5.54. The number of hydrogen-bond acceptors (Lipinski definition) is 15. The quantitative estimate of drug-likeness (QED) is 0.0236. The second-order valence-electron chi connectivity index (χ2n) is 11.8. The lowest BCUT2D eigenvalue weighted by Crippen LogP contribution is -2.59. The fourth-order valence-electron chi connectivity index (χ4n) is 5.11. The number of likely N-dealkylation sites (N-methyl/N-ethyl adjacent to an activating group) is 2. The van der Waals surface area contributed by atoms with Gasteiger partial charge < -0.3 is 47.8 Å². The van der Waals surface area contributed by atoms with Gasteiger partial charge in [0.2, 0.25) is 30.0 Å². The Kier molecular flexibility index (Phi) is 21.4. The van der Waals surface area contributed by atoms with Crippen LogP contribution in [0.3, 0.4) is 0 Å². The smallest absolute Gasteiger partial charge is 0.270 e. The number of nitrogens with zero attached hydrogens (tertiary/aromatic N) is 3. The van der Waals surface area contributed by atoms with E-state index in [4.69, 9.17) is 5.73 Å². The summed E-state index contributed by atoms with van der Waals surface area (Å²) >= 11 is 0. The number of nitrogens with two attached hydrogens (primary N) is 1. The zero-order chi connectivity index (χ0) is 38.5. The summed E-state index contributed by atoms with van der Waals surface area (Å²) in [6, 6.07) is -6.94. The summed E-state index contributed by atoms with van der Waals surface area (Å²) in [5.41, 5.74) is 5.59. The first-order chi connectivity index (χ1) is 24.3. The second-order valence-corrected chi connectivity index (χ2v) is 11.8. The Hall–Kier alpha value is -4.03. The number of carbonyl (C=O) groups excluding carboxylic acids is 7. The van der Waals surface area contributed by atoms with Gasteiger partial charge in [-0.25, -0.2) is 15.2 Å². The summed E-state index contributed by atoms with van der Waals surface area (Å²) in [4.78, 5) is 87.0. The maximum atomic E-state index is 13.1. The summed E-state index contributed by atoms with van der Waals surface area (Å²) in [5.74, 6) is -4.72. The Labute approximate surface area is 295 Å². The topological polar surface area (TPSA) is 329 Å². The van der Waals surface area contributed by atoms with Gasteiger partial charge >= 0.3 is 0 Å². The number of hydrogen-bond donors (Lipinski definition) is 12. The molecule has 0 aromatic rings. The van der Waals surface area contributed by atoms with Crippen molar-refractivity contribution in [2.24, 2.45) is 5.73 Å². The van der Waals surface area contributed by atoms with Gasteiger partial charge in [0.15, 0.2) is 0 Å². The molecule has 22 nitrogen and oxygen atoms in total. The van der Waals surface area contributed by atoms with E-state index in [1.807, 2.05) is 0 Å². The average molecular weight is 735 g/mol. The van der Waals surface area contributed by atoms with Crippen molar-refractivity contribution in [3.05, 3.63) is 0 Å². The van der Waals surface area contributed by atoms with E-state index in [-0.39, 0.29) is 71.1 Å². The summed E-state index contributed by atoms with van der Waals surface area (Å²) in [5, 5.41) is 65.0. The van der Waals surface area contributed by atoms with Gasteiger partial charge in [-0.2, -0.15) is 0 Å². The van der Waals surface area contributed by atoms with Gasteiger partial charge in [-0.3, -0.25) is 49.2 Å². The molecular formula is C29H54N10O12. The summed E-state index contributed by atoms with van der Waals surface area (Å²) in [6.07, 6.45) is 1.80. The number of nitrogens with one attached hydrogen (secondary N) is 6. The molecule has 22 heteroatoms. The van der Waals surface area contributed by atoms with E-state index < -0.39 is 84.9 Å². The van der Waals surface area contributed by atoms with Gasteiger partial charge in [0.1, 0.15) is 24.2 Å². The molecule has 0 saturated carbocycles. The Bertz CT molecular complexity index is 1150. The molecule has 0 radical (unpaired) electrons. The summed E-state index contributed by atoms with van der Waals surface area (Å²) in [7, 11) is 2.95. The van der Waals surface area contributed by atoms with E-state index in [1.54, 1.807) is 0 Å². The van der Waals surface area contributed by atoms with Crippen molar-refractivity contribution in [1.82, 2.24) is 47.1 Å². The maximum Gasteiger partial charge on any atom is 0.270 e. The largest absolute Gasteiger partial charge is 0.394 e. The van der Waals surface area contributed by atoms with Gasteiger partial charge in [0.25, 0.3) is 11.8 Å². The van der Waals surface area contributed by atoms with Crippen LogP contribution in [0.2, 0.25) is 0 Å². The maximum absolute atomic E-state index is 13.1. The molecule has 1 aliphatic heterocycles. The van der Waals surface area contributed by atoms with Crippen molar-refractivity contribution in [3.63, 3.8) is 0 Å². The molecule has 1 saturated heterocycles. The lowest BCUT2D eigenvalue weighted by atomic mass is 10.1. The van der Waals surface area contributed by atoms with Crippen molar-refractivity contribution in [1.29, 1.82) is 0 Å². The minimum absolute atomic E-state index is 0.0336. The molecule has 1 fully saturated rings. The normalized spacial score (nSPS) is 17.3. The van der Waals surface area contributed by atoms with Crippen molar-refractivity contribution in [2.45, 2.75) is 87.6 Å². The molecule has 13 N–H and O–H groups in total. The molecule has 0 aromatic carbocycles. The number of piperidine rings is 1. The Balaban J connectivity index is 2.74. The van der Waals surface area contributed by atoms with Gasteiger partial charge in [0.05, 0.1) is 25.3 Å². The fraction of sp³-hybridized carbons (Fsp3) is 0.759. The number of aliphatic hydroxyl groups is 2. The highest BCUT2D eigenvalue weighted by Crippen LogP contribution is 2.10. The van der Waals surface area contributed by atoms with Gasteiger partial charge in [-0.15, -0.1) is 0 Å². The van der Waals surface area contributed by atoms with Crippen LogP contribution in [0.4, 0.5) is 0 Å². The third-order valence-corrected chi connectivity index (χ3v) is 8.12. The van der Waals surface area contributed by atoms with E-state index in [0.29, 0.717) is 28.0 Å². The van der Waals surface area contributed by atoms with E-state index in [0.717, 1.165) is 0 Å². The van der Waals surface area contributed by atoms with Crippen molar-refractivity contribution >= 4 is 41.9 Å². The SMILES string of the molecule is CN[C@@H](CCCN(O)C(=O)[C@@H](CO)NC(=O)[C@H](CCCN(O)C=O)NC)C(=O)N[C@@H](CCCN)C(=O)N[C@@H](CO)C(=O)N[C@@H]1CCCN(O)C1=O. The Morgan fingerprint density at radius 2 is 1.33 bits per heavy atom. The van der Waals surface area contributed by atoms with Crippen LogP contribution in [0.25, 0.3) is 0 Å². The molecule has 0 unspecified atom stereocenters. The van der Waals surface area contributed by atoms with E-state index in [2.05, 4.69) is 31.9 Å². The molecule has 0 aromatic heterocycles. The Morgan fingerprint density at radius 3 is 1.86 bits per heavy atom. The average Bonchev–Trinajstić information content (AvgIpc) is 3.12. The highest BCUT2D eigenvalue weighted by atomic mass is 16.5. The van der Waals surface area contributed by atoms with Gasteiger partial charge in [-0.1, -0.05) is 0 Å². The highest BCUT2D eigenvalue weighted by Gasteiger charge is 2.33. The van der Waals surface area contributed by atoms with Crippen LogP contribution in [-0.2, 0) is 33.6 Å². The first-order valence-corrected chi connectivity index (χ1v) is 16.7. The van der Waals surface area contributed by atoms with Crippen molar-refractivity contribution in [2.75, 3.05) is 53.5 Å². The Morgan fingerprint density at radius 1 is 0.824 bits per heavy atom. The third kappa shape index (κ3) is 15.4. The third-order valence-electron chi connectivity index (χ3n) is 8.12. The van der Waals surface area contributed by atoms with Crippen LogP contribution in [-0.4, -0.2) is 173 Å². The number of amides is 7. The number of rotatable bonds is 25. The first-order valence-electron chi connectivity index (χ1n) is 16.7. The van der Waals surface area contributed by atoms with Crippen LogP contribution in [0.1, 0.15) is 51.4 Å². The monoisotopic (exact) mass is 734 g/mol. The zero-order valence-electron chi connectivity index (χ0n) is 29.0. The standard InChI is InChI=1S/C29H54N10O12/c1-31-18(8-4-12-37(49)17-42)25(44)36-23(16-41)29(48)39(51)13-5-9-19(32-2)24(43)33-20(7-3-11-30)26(45)35-22(15-40)27(46)34-21-10-6-14-38(50)28(21)47/h17-23,31-32,40-41,49-51H,3-16,30H2,1-2H3,(H,33,43)(H,34,46)(H,35,45)(H,36,44)/t18-,19-,20-,21+,22-,23+/m0/s1. The van der Waals surface area contributed by atoms with Crippen LogP contribution < -0.4 is 37.6 Å². The van der Waals surface area contributed by atoms with E-state index in [9.17, 15) is 59.4 Å². The first kappa shape index (κ1) is 45.0. The van der Waals surface area contributed by atoms with Crippen LogP contribution in [0.5, 0.6) is 0 Å². The van der Waals surface area contributed by atoms with Crippen LogP contribution in [0, 0.1) is 0 Å². The zero-order valence-corrected chi connectivity index (χ0v) is 29.0. The minimum Gasteiger partial charge on any atom is -0.394 e. The number of carbonyl (C=O) groups is 7. The van der Waals surface area contributed by atoms with E-state index in [1.165, 1.54) is 14.1 Å². The lowest BCUT2D eigenvalue weighted by Gasteiger charge is -2.29. The molecule has 0 aliphatic carbocycles. The number of aliphatic hydroxyl groups excluding tert-OH is 2. The lowest BCUT2D eigenvalue weighted by molar-refractivity contribution is -0.173. The van der Waals surface area contributed by atoms with Crippen LogP contribution >= 0.6 is 0 Å². The highest BCUT2D eigenvalue weighted by molar-refractivity contribution is 5.95. The molecule has 1 rings (SSSR count). The molecule has 1 heterocycles. The molecule has 0 bridgehead atoms. The summed E-state index contributed by atoms with van der Waals surface area (Å²) < 4.78 is 0. The predicted molar refractivity (Wildman–Crippen MR) is 175 cm³/mol. The number of hydroxylamine groups is 6.